The fourth-order valence-corrected chi connectivity index (χ4v) is 3.72. The van der Waals surface area contributed by atoms with Gasteiger partial charge in [0.1, 0.15) is 25.4 Å². The number of carbonyl (C=O) groups is 1. The van der Waals surface area contributed by atoms with Crippen LogP contribution in [0.4, 0.5) is 5.82 Å². The molecule has 2 aliphatic heterocycles. The molecule has 1 fully saturated rings. The number of amides is 1. The molecule has 0 unspecified atom stereocenters. The maximum atomic E-state index is 12.9. The fourth-order valence-electron chi connectivity index (χ4n) is 3.72. The highest BCUT2D eigenvalue weighted by molar-refractivity contribution is 5.95. The second kappa shape index (κ2) is 6.99. The van der Waals surface area contributed by atoms with Crippen LogP contribution in [0.5, 0.6) is 11.5 Å². The zero-order valence-electron chi connectivity index (χ0n) is 15.4. The lowest BCUT2D eigenvalue weighted by Gasteiger charge is -2.36. The van der Waals surface area contributed by atoms with Crippen molar-refractivity contribution in [1.82, 2.24) is 14.9 Å². The molecule has 7 nitrogen and oxygen atoms in total. The van der Waals surface area contributed by atoms with Gasteiger partial charge in [-0.05, 0) is 30.3 Å². The second-order valence-corrected chi connectivity index (χ2v) is 6.85. The molecule has 0 atom stereocenters. The molecule has 2 aromatic carbocycles. The van der Waals surface area contributed by atoms with Crippen molar-refractivity contribution in [2.75, 3.05) is 44.3 Å². The van der Waals surface area contributed by atoms with Crippen LogP contribution in [0.2, 0.25) is 0 Å². The van der Waals surface area contributed by atoms with Crippen molar-refractivity contribution >= 4 is 22.6 Å². The van der Waals surface area contributed by atoms with E-state index in [1.54, 1.807) is 18.5 Å². The monoisotopic (exact) mass is 376 g/mol. The Hall–Kier alpha value is -3.35. The van der Waals surface area contributed by atoms with E-state index in [1.165, 1.54) is 0 Å². The van der Waals surface area contributed by atoms with Gasteiger partial charge in [0.15, 0.2) is 11.5 Å². The Labute approximate surface area is 162 Å². The van der Waals surface area contributed by atoms with Gasteiger partial charge in [-0.3, -0.25) is 4.79 Å². The van der Waals surface area contributed by atoms with Crippen LogP contribution < -0.4 is 14.4 Å². The summed E-state index contributed by atoms with van der Waals surface area (Å²) in [6.07, 6.45) is 1.60. The second-order valence-electron chi connectivity index (χ2n) is 6.85. The summed E-state index contributed by atoms with van der Waals surface area (Å²) in [5.74, 6) is 2.28. The number of nitrogens with zero attached hydrogens (tertiary/aromatic N) is 4. The molecule has 0 spiro atoms. The van der Waals surface area contributed by atoms with Crippen molar-refractivity contribution in [3.05, 3.63) is 54.4 Å². The summed E-state index contributed by atoms with van der Waals surface area (Å²) in [6, 6.07) is 13.4. The molecule has 1 saturated heterocycles. The highest BCUT2D eigenvalue weighted by atomic mass is 16.6. The lowest BCUT2D eigenvalue weighted by atomic mass is 10.1. The van der Waals surface area contributed by atoms with E-state index in [1.807, 2.05) is 35.2 Å². The molecule has 2 aliphatic rings. The van der Waals surface area contributed by atoms with Crippen LogP contribution in [0.1, 0.15) is 10.4 Å². The highest BCUT2D eigenvalue weighted by Gasteiger charge is 2.25. The Kier molecular flexibility index (Phi) is 4.20. The van der Waals surface area contributed by atoms with Crippen LogP contribution >= 0.6 is 0 Å². The fraction of sp³-hybridized carbons (Fsp3) is 0.286. The first kappa shape index (κ1) is 16.8. The molecular weight excluding hydrogens is 356 g/mol. The molecule has 0 N–H and O–H groups in total. The number of fused-ring (bicyclic) bond motifs is 2. The number of para-hydroxylation sites is 1. The van der Waals surface area contributed by atoms with Gasteiger partial charge in [0, 0.05) is 37.1 Å². The summed E-state index contributed by atoms with van der Waals surface area (Å²) in [5.41, 5.74) is 1.56. The molecule has 28 heavy (non-hydrogen) atoms. The Balaban J connectivity index is 1.31. The Morgan fingerprint density at radius 3 is 2.54 bits per heavy atom. The van der Waals surface area contributed by atoms with Gasteiger partial charge in [-0.2, -0.15) is 0 Å². The van der Waals surface area contributed by atoms with Gasteiger partial charge in [0.05, 0.1) is 5.52 Å². The summed E-state index contributed by atoms with van der Waals surface area (Å²) >= 11 is 0. The minimum absolute atomic E-state index is 0.0177. The molecule has 7 heteroatoms. The molecule has 3 heterocycles. The van der Waals surface area contributed by atoms with Crippen LogP contribution in [0.15, 0.2) is 48.8 Å². The molecule has 0 saturated carbocycles. The molecule has 0 aliphatic carbocycles. The van der Waals surface area contributed by atoms with Crippen molar-refractivity contribution in [3.8, 4) is 11.5 Å². The van der Waals surface area contributed by atoms with Gasteiger partial charge in [-0.15, -0.1) is 0 Å². The lowest BCUT2D eigenvalue weighted by molar-refractivity contribution is 0.0745. The number of carbonyl (C=O) groups excluding carboxylic acids is 1. The molecule has 142 valence electrons. The van der Waals surface area contributed by atoms with Crippen molar-refractivity contribution in [2.45, 2.75) is 0 Å². The molecule has 3 aromatic rings. The number of ether oxygens (including phenoxy) is 2. The van der Waals surface area contributed by atoms with E-state index in [0.717, 1.165) is 29.8 Å². The number of rotatable bonds is 2. The van der Waals surface area contributed by atoms with E-state index in [-0.39, 0.29) is 5.91 Å². The Bertz CT molecular complexity index is 1030. The van der Waals surface area contributed by atoms with Crippen LogP contribution in [0.3, 0.4) is 0 Å². The largest absolute Gasteiger partial charge is 0.486 e. The van der Waals surface area contributed by atoms with E-state index >= 15 is 0 Å². The predicted molar refractivity (Wildman–Crippen MR) is 105 cm³/mol. The first-order valence-electron chi connectivity index (χ1n) is 9.43. The quantitative estimate of drug-likeness (QED) is 0.684. The maximum Gasteiger partial charge on any atom is 0.254 e. The predicted octanol–water partition coefficient (Wildman–Crippen LogP) is 2.36. The lowest BCUT2D eigenvalue weighted by Crippen LogP contribution is -2.49. The SMILES string of the molecule is O=C(c1ccc2c(c1)OCCO2)N1CCN(c2ncnc3ccccc23)CC1. The van der Waals surface area contributed by atoms with E-state index in [0.29, 0.717) is 43.4 Å². The number of piperazine rings is 1. The molecule has 1 amide bonds. The summed E-state index contributed by atoms with van der Waals surface area (Å²) in [6.45, 7) is 3.81. The number of aromatic nitrogens is 2. The number of hydrogen-bond donors (Lipinski definition) is 0. The normalized spacial score (nSPS) is 16.3. The molecular formula is C21H20N4O3. The van der Waals surface area contributed by atoms with Crippen LogP contribution in [-0.4, -0.2) is 60.2 Å². The summed E-state index contributed by atoms with van der Waals surface area (Å²) in [7, 11) is 0. The summed E-state index contributed by atoms with van der Waals surface area (Å²) in [4.78, 5) is 25.8. The minimum Gasteiger partial charge on any atom is -0.486 e. The summed E-state index contributed by atoms with van der Waals surface area (Å²) < 4.78 is 11.1. The van der Waals surface area contributed by atoms with E-state index in [2.05, 4.69) is 14.9 Å². The van der Waals surface area contributed by atoms with Gasteiger partial charge in [0.2, 0.25) is 0 Å². The van der Waals surface area contributed by atoms with Gasteiger partial charge < -0.3 is 19.3 Å². The summed E-state index contributed by atoms with van der Waals surface area (Å²) in [5, 5.41) is 1.04. The molecule has 1 aromatic heterocycles. The average molecular weight is 376 g/mol. The molecule has 0 bridgehead atoms. The van der Waals surface area contributed by atoms with E-state index in [9.17, 15) is 4.79 Å². The third-order valence-corrected chi connectivity index (χ3v) is 5.18. The van der Waals surface area contributed by atoms with E-state index in [4.69, 9.17) is 9.47 Å². The topological polar surface area (TPSA) is 67.8 Å². The third kappa shape index (κ3) is 2.98. The Morgan fingerprint density at radius 1 is 0.893 bits per heavy atom. The first-order valence-corrected chi connectivity index (χ1v) is 9.43. The van der Waals surface area contributed by atoms with Gasteiger partial charge >= 0.3 is 0 Å². The average Bonchev–Trinajstić information content (AvgIpc) is 2.78. The smallest absolute Gasteiger partial charge is 0.254 e. The van der Waals surface area contributed by atoms with Crippen molar-refractivity contribution in [2.24, 2.45) is 0 Å². The number of hydrogen-bond acceptors (Lipinski definition) is 6. The number of anilines is 1. The van der Waals surface area contributed by atoms with E-state index < -0.39 is 0 Å². The highest BCUT2D eigenvalue weighted by Crippen LogP contribution is 2.31. The van der Waals surface area contributed by atoms with Crippen molar-refractivity contribution in [1.29, 1.82) is 0 Å². The molecule has 5 rings (SSSR count). The minimum atomic E-state index is 0.0177. The first-order chi connectivity index (χ1) is 13.8. The van der Waals surface area contributed by atoms with Crippen LogP contribution in [-0.2, 0) is 0 Å². The Morgan fingerprint density at radius 2 is 1.68 bits per heavy atom. The zero-order chi connectivity index (χ0) is 18.9. The van der Waals surface area contributed by atoms with Crippen molar-refractivity contribution in [3.63, 3.8) is 0 Å². The van der Waals surface area contributed by atoms with Crippen LogP contribution in [0, 0.1) is 0 Å². The van der Waals surface area contributed by atoms with Gasteiger partial charge in [-0.25, -0.2) is 9.97 Å². The van der Waals surface area contributed by atoms with Crippen LogP contribution in [0.25, 0.3) is 10.9 Å². The number of benzene rings is 2. The van der Waals surface area contributed by atoms with Gasteiger partial charge in [0.25, 0.3) is 5.91 Å². The zero-order valence-corrected chi connectivity index (χ0v) is 15.4. The van der Waals surface area contributed by atoms with Crippen molar-refractivity contribution < 1.29 is 14.3 Å². The standard InChI is InChI=1S/C21H20N4O3/c26-21(15-5-6-18-19(13-15)28-12-11-27-18)25-9-7-24(8-10-25)20-16-3-1-2-4-17(16)22-14-23-20/h1-6,13-14H,7-12H2. The third-order valence-electron chi connectivity index (χ3n) is 5.18. The molecule has 0 radical (unpaired) electrons. The maximum absolute atomic E-state index is 12.9. The van der Waals surface area contributed by atoms with Gasteiger partial charge in [-0.1, -0.05) is 12.1 Å².